The molecule has 1 aliphatic rings. The van der Waals surface area contributed by atoms with E-state index in [1.54, 1.807) is 19.0 Å². The summed E-state index contributed by atoms with van der Waals surface area (Å²) in [6, 6.07) is -0.0290. The van der Waals surface area contributed by atoms with Gasteiger partial charge in [0.2, 0.25) is 0 Å². The number of carbonyl (C=O) groups is 2. The fraction of sp³-hybridized carbons (Fsp3) is 0.667. The summed E-state index contributed by atoms with van der Waals surface area (Å²) in [5.74, 6) is 0.747. The van der Waals surface area contributed by atoms with Crippen molar-refractivity contribution in [2.24, 2.45) is 0 Å². The van der Waals surface area contributed by atoms with Gasteiger partial charge in [0.15, 0.2) is 0 Å². The maximum Gasteiger partial charge on any atom is 0.317 e. The number of nitrogens with one attached hydrogen (secondary N) is 1. The fourth-order valence-electron chi connectivity index (χ4n) is 2.66. The Balaban J connectivity index is 2.17. The number of imidazole rings is 1. The highest BCUT2D eigenvalue weighted by atomic mass is 16.2. The largest absolute Gasteiger partial charge is 0.343 e. The first-order chi connectivity index (χ1) is 10.5. The van der Waals surface area contributed by atoms with E-state index in [2.05, 4.69) is 14.9 Å². The first-order valence-electron chi connectivity index (χ1n) is 7.76. The summed E-state index contributed by atoms with van der Waals surface area (Å²) in [6.45, 7) is 6.54. The maximum absolute atomic E-state index is 12.3. The summed E-state index contributed by atoms with van der Waals surface area (Å²) >= 11 is 0. The molecule has 0 spiro atoms. The molecule has 7 heteroatoms. The Kier molecular flexibility index (Phi) is 5.05. The van der Waals surface area contributed by atoms with Crippen molar-refractivity contribution in [2.45, 2.75) is 33.2 Å². The van der Waals surface area contributed by atoms with Crippen LogP contribution in [0.4, 0.5) is 4.79 Å². The van der Waals surface area contributed by atoms with Crippen LogP contribution in [0.5, 0.6) is 0 Å². The standard InChI is InChI=1S/C15H25N5O2/c1-5-7-16-15(22)19-8-6-12-13(14(21)18(3)4)17-11(2)20(12)10-9-19/h5-10H2,1-4H3,(H,16,22). The van der Waals surface area contributed by atoms with Gasteiger partial charge in [-0.15, -0.1) is 0 Å². The van der Waals surface area contributed by atoms with E-state index in [1.807, 2.05) is 18.7 Å². The number of carbonyl (C=O) groups excluding carboxylic acids is 2. The quantitative estimate of drug-likeness (QED) is 0.901. The number of aryl methyl sites for hydroxylation is 1. The minimum atomic E-state index is -0.0827. The Hall–Kier alpha value is -2.05. The van der Waals surface area contributed by atoms with Crippen LogP contribution in [-0.4, -0.2) is 65.0 Å². The van der Waals surface area contributed by atoms with Gasteiger partial charge >= 0.3 is 6.03 Å². The van der Waals surface area contributed by atoms with Crippen LogP contribution in [0.15, 0.2) is 0 Å². The van der Waals surface area contributed by atoms with Gasteiger partial charge in [-0.2, -0.15) is 0 Å². The predicted octanol–water partition coefficient (Wildman–Crippen LogP) is 0.871. The Morgan fingerprint density at radius 1 is 1.27 bits per heavy atom. The Morgan fingerprint density at radius 2 is 2.00 bits per heavy atom. The lowest BCUT2D eigenvalue weighted by Gasteiger charge is -2.20. The second-order valence-corrected chi connectivity index (χ2v) is 5.77. The third kappa shape index (κ3) is 3.23. The van der Waals surface area contributed by atoms with Crippen molar-refractivity contribution in [2.75, 3.05) is 33.7 Å². The predicted molar refractivity (Wildman–Crippen MR) is 83.9 cm³/mol. The van der Waals surface area contributed by atoms with E-state index >= 15 is 0 Å². The van der Waals surface area contributed by atoms with E-state index in [1.165, 1.54) is 0 Å². The molecule has 0 atom stereocenters. The third-order valence-electron chi connectivity index (χ3n) is 3.90. The molecule has 1 aromatic rings. The summed E-state index contributed by atoms with van der Waals surface area (Å²) < 4.78 is 2.06. The van der Waals surface area contributed by atoms with Crippen LogP contribution in [0.2, 0.25) is 0 Å². The molecule has 22 heavy (non-hydrogen) atoms. The zero-order chi connectivity index (χ0) is 16.3. The van der Waals surface area contributed by atoms with Crippen molar-refractivity contribution in [1.82, 2.24) is 24.7 Å². The van der Waals surface area contributed by atoms with Crippen molar-refractivity contribution >= 4 is 11.9 Å². The SMILES string of the molecule is CCCNC(=O)N1CCc2c(C(=O)N(C)C)nc(C)n2CC1. The molecule has 3 amide bonds. The van der Waals surface area contributed by atoms with Gasteiger partial charge in [0.1, 0.15) is 11.5 Å². The highest BCUT2D eigenvalue weighted by Gasteiger charge is 2.26. The maximum atomic E-state index is 12.3. The zero-order valence-corrected chi connectivity index (χ0v) is 13.8. The normalized spacial score (nSPS) is 14.3. The van der Waals surface area contributed by atoms with Gasteiger partial charge in [0, 0.05) is 46.7 Å². The summed E-state index contributed by atoms with van der Waals surface area (Å²) in [4.78, 5) is 32.1. The van der Waals surface area contributed by atoms with Crippen LogP contribution in [0.25, 0.3) is 0 Å². The summed E-state index contributed by atoms with van der Waals surface area (Å²) in [7, 11) is 3.45. The second-order valence-electron chi connectivity index (χ2n) is 5.77. The van der Waals surface area contributed by atoms with Crippen LogP contribution in [0.3, 0.4) is 0 Å². The van der Waals surface area contributed by atoms with Gasteiger partial charge in [-0.25, -0.2) is 9.78 Å². The van der Waals surface area contributed by atoms with Crippen LogP contribution in [0, 0.1) is 6.92 Å². The minimum Gasteiger partial charge on any atom is -0.343 e. The van der Waals surface area contributed by atoms with E-state index in [-0.39, 0.29) is 11.9 Å². The molecule has 1 N–H and O–H groups in total. The highest BCUT2D eigenvalue weighted by molar-refractivity contribution is 5.93. The molecule has 1 aliphatic heterocycles. The Morgan fingerprint density at radius 3 is 2.64 bits per heavy atom. The van der Waals surface area contributed by atoms with Gasteiger partial charge in [0.05, 0.1) is 5.69 Å². The van der Waals surface area contributed by atoms with Gasteiger partial charge in [0.25, 0.3) is 5.91 Å². The van der Waals surface area contributed by atoms with Crippen LogP contribution >= 0.6 is 0 Å². The lowest BCUT2D eigenvalue weighted by molar-refractivity contribution is 0.0821. The molecule has 0 aliphatic carbocycles. The molecule has 0 saturated carbocycles. The molecule has 2 heterocycles. The van der Waals surface area contributed by atoms with E-state index in [0.29, 0.717) is 38.3 Å². The summed E-state index contributed by atoms with van der Waals surface area (Å²) in [5.41, 5.74) is 1.44. The topological polar surface area (TPSA) is 70.5 Å². The van der Waals surface area contributed by atoms with E-state index in [4.69, 9.17) is 0 Å². The minimum absolute atomic E-state index is 0.0290. The molecule has 1 aromatic heterocycles. The number of nitrogens with zero attached hydrogens (tertiary/aromatic N) is 4. The van der Waals surface area contributed by atoms with Gasteiger partial charge in [-0.05, 0) is 13.3 Å². The zero-order valence-electron chi connectivity index (χ0n) is 13.8. The van der Waals surface area contributed by atoms with Crippen molar-refractivity contribution in [1.29, 1.82) is 0 Å². The Labute approximate surface area is 131 Å². The van der Waals surface area contributed by atoms with Gasteiger partial charge < -0.3 is 19.7 Å². The van der Waals surface area contributed by atoms with E-state index in [9.17, 15) is 9.59 Å². The molecule has 0 unspecified atom stereocenters. The molecule has 0 fully saturated rings. The second kappa shape index (κ2) is 6.81. The molecule has 122 valence electrons. The molecular formula is C15H25N5O2. The van der Waals surface area contributed by atoms with Crippen molar-refractivity contribution in [3.05, 3.63) is 17.2 Å². The third-order valence-corrected chi connectivity index (χ3v) is 3.90. The van der Waals surface area contributed by atoms with Crippen LogP contribution < -0.4 is 5.32 Å². The lowest BCUT2D eigenvalue weighted by Crippen LogP contribution is -2.41. The van der Waals surface area contributed by atoms with Gasteiger partial charge in [-0.1, -0.05) is 6.92 Å². The number of aromatic nitrogens is 2. The van der Waals surface area contributed by atoms with Crippen LogP contribution in [-0.2, 0) is 13.0 Å². The van der Waals surface area contributed by atoms with Crippen molar-refractivity contribution in [3.63, 3.8) is 0 Å². The van der Waals surface area contributed by atoms with Gasteiger partial charge in [-0.3, -0.25) is 4.79 Å². The average molecular weight is 307 g/mol. The number of hydrogen-bond acceptors (Lipinski definition) is 3. The molecule has 7 nitrogen and oxygen atoms in total. The highest BCUT2D eigenvalue weighted by Crippen LogP contribution is 2.17. The Bertz CT molecular complexity index is 565. The lowest BCUT2D eigenvalue weighted by atomic mass is 10.2. The monoisotopic (exact) mass is 307 g/mol. The number of hydrogen-bond donors (Lipinski definition) is 1. The van der Waals surface area contributed by atoms with Crippen molar-refractivity contribution < 1.29 is 9.59 Å². The smallest absolute Gasteiger partial charge is 0.317 e. The molecular weight excluding hydrogens is 282 g/mol. The summed E-state index contributed by atoms with van der Waals surface area (Å²) in [5, 5.41) is 2.91. The average Bonchev–Trinajstić information content (AvgIpc) is 2.67. The fourth-order valence-corrected chi connectivity index (χ4v) is 2.66. The van der Waals surface area contributed by atoms with E-state index < -0.39 is 0 Å². The summed E-state index contributed by atoms with van der Waals surface area (Å²) in [6.07, 6.45) is 1.57. The van der Waals surface area contributed by atoms with Crippen LogP contribution in [0.1, 0.15) is 35.4 Å². The molecule has 0 bridgehead atoms. The van der Waals surface area contributed by atoms with Crippen molar-refractivity contribution in [3.8, 4) is 0 Å². The first-order valence-corrected chi connectivity index (χ1v) is 7.76. The number of urea groups is 1. The molecule has 2 rings (SSSR count). The van der Waals surface area contributed by atoms with E-state index in [0.717, 1.165) is 17.9 Å². The number of fused-ring (bicyclic) bond motifs is 1. The number of amides is 3. The molecule has 0 saturated heterocycles. The number of rotatable bonds is 3. The molecule has 0 aromatic carbocycles. The first kappa shape index (κ1) is 16.3. The molecule has 0 radical (unpaired) electrons.